The zero-order valence-corrected chi connectivity index (χ0v) is 9.78. The summed E-state index contributed by atoms with van der Waals surface area (Å²) in [5.41, 5.74) is 5.93. The summed E-state index contributed by atoms with van der Waals surface area (Å²) in [5, 5.41) is 8.73. The number of ether oxygens (including phenoxy) is 1. The maximum absolute atomic E-state index is 13.6. The van der Waals surface area contributed by atoms with Gasteiger partial charge in [-0.1, -0.05) is 17.7 Å². The van der Waals surface area contributed by atoms with Crippen LogP contribution >= 0.6 is 11.6 Å². The summed E-state index contributed by atoms with van der Waals surface area (Å²) in [7, 11) is 0. The van der Waals surface area contributed by atoms with Gasteiger partial charge in [0.15, 0.2) is 11.6 Å². The first-order valence-corrected chi connectivity index (χ1v) is 5.27. The first kappa shape index (κ1) is 12.1. The lowest BCUT2D eigenvalue weighted by molar-refractivity contribution is 0.429. The lowest BCUT2D eigenvalue weighted by Gasteiger charge is -2.09. The van der Waals surface area contributed by atoms with E-state index < -0.39 is 5.82 Å². The summed E-state index contributed by atoms with van der Waals surface area (Å²) in [6, 6.07) is 7.64. The third-order valence-electron chi connectivity index (χ3n) is 2.20. The van der Waals surface area contributed by atoms with Crippen LogP contribution in [0.5, 0.6) is 11.6 Å². The molecule has 1 aromatic carbocycles. The van der Waals surface area contributed by atoms with Gasteiger partial charge in [-0.3, -0.25) is 0 Å². The molecule has 0 saturated heterocycles. The molecule has 0 bridgehead atoms. The fourth-order valence-corrected chi connectivity index (χ4v) is 1.47. The number of nitriles is 1. The summed E-state index contributed by atoms with van der Waals surface area (Å²) in [5.74, 6) is -0.838. The maximum atomic E-state index is 13.6. The van der Waals surface area contributed by atoms with Gasteiger partial charge in [0.2, 0.25) is 5.88 Å². The Morgan fingerprint density at radius 3 is 2.89 bits per heavy atom. The third kappa shape index (κ3) is 2.19. The zero-order chi connectivity index (χ0) is 13.1. The van der Waals surface area contributed by atoms with E-state index in [4.69, 9.17) is 27.3 Å². The van der Waals surface area contributed by atoms with Crippen molar-refractivity contribution in [2.75, 3.05) is 5.73 Å². The van der Waals surface area contributed by atoms with Gasteiger partial charge in [0.1, 0.15) is 11.8 Å². The molecule has 2 N–H and O–H groups in total. The molecule has 0 radical (unpaired) electrons. The van der Waals surface area contributed by atoms with Crippen LogP contribution in [0.3, 0.4) is 0 Å². The van der Waals surface area contributed by atoms with Gasteiger partial charge in [0, 0.05) is 6.20 Å². The summed E-state index contributed by atoms with van der Waals surface area (Å²) >= 11 is 5.62. The van der Waals surface area contributed by atoms with E-state index in [1.165, 1.54) is 30.5 Å². The van der Waals surface area contributed by atoms with Gasteiger partial charge in [-0.15, -0.1) is 0 Å². The number of anilines is 1. The van der Waals surface area contributed by atoms with Crippen LogP contribution in [0.4, 0.5) is 10.1 Å². The van der Waals surface area contributed by atoms with Crippen LogP contribution < -0.4 is 10.5 Å². The van der Waals surface area contributed by atoms with E-state index >= 15 is 0 Å². The first-order valence-electron chi connectivity index (χ1n) is 4.90. The number of nitrogen functional groups attached to an aromatic ring is 1. The number of rotatable bonds is 2. The van der Waals surface area contributed by atoms with E-state index in [-0.39, 0.29) is 27.9 Å². The molecule has 18 heavy (non-hydrogen) atoms. The van der Waals surface area contributed by atoms with Crippen molar-refractivity contribution in [3.05, 3.63) is 46.9 Å². The second-order valence-corrected chi connectivity index (χ2v) is 3.75. The molecule has 2 rings (SSSR count). The van der Waals surface area contributed by atoms with Crippen molar-refractivity contribution < 1.29 is 9.13 Å². The topological polar surface area (TPSA) is 71.9 Å². The second-order valence-electron chi connectivity index (χ2n) is 3.34. The van der Waals surface area contributed by atoms with Crippen molar-refractivity contribution in [2.45, 2.75) is 0 Å². The molecule has 0 saturated carbocycles. The van der Waals surface area contributed by atoms with Gasteiger partial charge >= 0.3 is 0 Å². The van der Waals surface area contributed by atoms with Crippen molar-refractivity contribution in [3.63, 3.8) is 0 Å². The van der Waals surface area contributed by atoms with Crippen LogP contribution in [0, 0.1) is 17.1 Å². The van der Waals surface area contributed by atoms with E-state index in [9.17, 15) is 4.39 Å². The predicted molar refractivity (Wildman–Crippen MR) is 64.8 cm³/mol. The van der Waals surface area contributed by atoms with E-state index in [2.05, 4.69) is 4.98 Å². The van der Waals surface area contributed by atoms with Crippen molar-refractivity contribution in [1.29, 1.82) is 5.26 Å². The minimum atomic E-state index is -0.706. The average Bonchev–Trinajstić information content (AvgIpc) is 2.37. The Bertz CT molecular complexity index is 640. The summed E-state index contributed by atoms with van der Waals surface area (Å²) in [6.45, 7) is 0. The molecule has 6 heteroatoms. The smallest absolute Gasteiger partial charge is 0.244 e. The number of nitrogens with zero attached hydrogens (tertiary/aromatic N) is 2. The Morgan fingerprint density at radius 1 is 1.39 bits per heavy atom. The highest BCUT2D eigenvalue weighted by atomic mass is 35.5. The second kappa shape index (κ2) is 4.90. The third-order valence-corrected chi connectivity index (χ3v) is 2.49. The normalized spacial score (nSPS) is 9.83. The molecule has 0 aliphatic heterocycles. The van der Waals surface area contributed by atoms with E-state index in [0.717, 1.165) is 0 Å². The molecule has 0 amide bonds. The molecule has 1 aromatic heterocycles. The average molecular weight is 264 g/mol. The highest BCUT2D eigenvalue weighted by molar-refractivity contribution is 6.30. The lowest BCUT2D eigenvalue weighted by Crippen LogP contribution is -1.99. The molecule has 0 fully saturated rings. The number of hydrogen-bond acceptors (Lipinski definition) is 4. The maximum Gasteiger partial charge on any atom is 0.244 e. The highest BCUT2D eigenvalue weighted by Crippen LogP contribution is 2.31. The molecule has 4 nitrogen and oxygen atoms in total. The van der Waals surface area contributed by atoms with Gasteiger partial charge in [-0.05, 0) is 18.2 Å². The van der Waals surface area contributed by atoms with Gasteiger partial charge in [0.25, 0.3) is 0 Å². The van der Waals surface area contributed by atoms with E-state index in [0.29, 0.717) is 0 Å². The SMILES string of the molecule is N#Cc1ccnc(Oc2cccc(Cl)c2F)c1N. The molecule has 90 valence electrons. The summed E-state index contributed by atoms with van der Waals surface area (Å²) in [4.78, 5) is 3.84. The van der Waals surface area contributed by atoms with Crippen molar-refractivity contribution in [3.8, 4) is 17.7 Å². The first-order chi connectivity index (χ1) is 8.63. The lowest BCUT2D eigenvalue weighted by atomic mass is 10.2. The number of benzene rings is 1. The Hall–Kier alpha value is -2.32. The van der Waals surface area contributed by atoms with Crippen LogP contribution in [-0.4, -0.2) is 4.98 Å². The zero-order valence-electron chi connectivity index (χ0n) is 9.02. The van der Waals surface area contributed by atoms with Crippen LogP contribution in [-0.2, 0) is 0 Å². The standard InChI is InChI=1S/C12H7ClFN3O/c13-8-2-1-3-9(10(8)14)18-12-11(16)7(6-15)4-5-17-12/h1-5H,16H2. The molecule has 0 aliphatic rings. The van der Waals surface area contributed by atoms with Crippen LogP contribution in [0.15, 0.2) is 30.5 Å². The Kier molecular flexibility index (Phi) is 3.31. The fourth-order valence-electron chi connectivity index (χ4n) is 1.30. The van der Waals surface area contributed by atoms with E-state index in [1.54, 1.807) is 0 Å². The van der Waals surface area contributed by atoms with Gasteiger partial charge in [-0.25, -0.2) is 9.37 Å². The number of pyridine rings is 1. The monoisotopic (exact) mass is 263 g/mol. The fraction of sp³-hybridized carbons (Fsp3) is 0. The van der Waals surface area contributed by atoms with Gasteiger partial charge < -0.3 is 10.5 Å². The van der Waals surface area contributed by atoms with Gasteiger partial charge in [0.05, 0.1) is 10.6 Å². The minimum Gasteiger partial charge on any atom is -0.434 e. The van der Waals surface area contributed by atoms with Crippen LogP contribution in [0.2, 0.25) is 5.02 Å². The Labute approximate surface area is 107 Å². The molecule has 0 aliphatic carbocycles. The molecule has 0 unspecified atom stereocenters. The van der Waals surface area contributed by atoms with E-state index in [1.807, 2.05) is 6.07 Å². The van der Waals surface area contributed by atoms with Crippen molar-refractivity contribution in [2.24, 2.45) is 0 Å². The predicted octanol–water partition coefficient (Wildman–Crippen LogP) is 3.12. The summed E-state index contributed by atoms with van der Waals surface area (Å²) in [6.07, 6.45) is 1.35. The number of aromatic nitrogens is 1. The van der Waals surface area contributed by atoms with Crippen LogP contribution in [0.1, 0.15) is 5.56 Å². The van der Waals surface area contributed by atoms with Crippen molar-refractivity contribution >= 4 is 17.3 Å². The molecular formula is C12H7ClFN3O. The summed E-state index contributed by atoms with van der Waals surface area (Å²) < 4.78 is 18.8. The van der Waals surface area contributed by atoms with Crippen molar-refractivity contribution in [1.82, 2.24) is 4.98 Å². The number of nitrogens with two attached hydrogens (primary N) is 1. The number of halogens is 2. The minimum absolute atomic E-state index is 0.0322. The molecular weight excluding hydrogens is 257 g/mol. The molecule has 0 spiro atoms. The largest absolute Gasteiger partial charge is 0.434 e. The molecule has 2 aromatic rings. The van der Waals surface area contributed by atoms with Gasteiger partial charge in [-0.2, -0.15) is 5.26 Å². The molecule has 0 atom stereocenters. The highest BCUT2D eigenvalue weighted by Gasteiger charge is 2.12. The number of hydrogen-bond donors (Lipinski definition) is 1. The Morgan fingerprint density at radius 2 is 2.17 bits per heavy atom. The Balaban J connectivity index is 2.41. The molecule has 1 heterocycles. The van der Waals surface area contributed by atoms with Crippen LogP contribution in [0.25, 0.3) is 0 Å². The quantitative estimate of drug-likeness (QED) is 0.903.